The molecule has 1 fully saturated rings. The lowest BCUT2D eigenvalue weighted by Crippen LogP contribution is -2.41. The zero-order valence-electron chi connectivity index (χ0n) is 15.6. The minimum absolute atomic E-state index is 0.0588. The van der Waals surface area contributed by atoms with Gasteiger partial charge in [0.05, 0.1) is 10.8 Å². The molecule has 28 heavy (non-hydrogen) atoms. The predicted molar refractivity (Wildman–Crippen MR) is 118 cm³/mol. The standard InChI is InChI=1S/C21H21BrN4OS/c1-14-12-16(6-7-17(14)22)23-21(27)15-4-2-10-26(13-15)20-9-8-18(24-25-20)19-5-3-11-28-19/h3,5-9,11-12,15H,2,4,10,13H2,1H3,(H,23,27). The van der Waals surface area contributed by atoms with E-state index in [1.807, 2.05) is 54.8 Å². The first-order valence-corrected chi connectivity index (χ1v) is 11.0. The molecule has 0 aliphatic carbocycles. The molecule has 1 unspecified atom stereocenters. The lowest BCUT2D eigenvalue weighted by atomic mass is 9.97. The molecule has 3 heterocycles. The van der Waals surface area contributed by atoms with Crippen LogP contribution in [-0.4, -0.2) is 29.2 Å². The van der Waals surface area contributed by atoms with Crippen molar-refractivity contribution in [3.63, 3.8) is 0 Å². The maximum Gasteiger partial charge on any atom is 0.229 e. The van der Waals surface area contributed by atoms with E-state index in [2.05, 4.69) is 36.3 Å². The molecule has 5 nitrogen and oxygen atoms in total. The smallest absolute Gasteiger partial charge is 0.229 e. The number of rotatable bonds is 4. The molecule has 1 amide bonds. The molecule has 144 valence electrons. The van der Waals surface area contributed by atoms with Crippen LogP contribution >= 0.6 is 27.3 Å². The van der Waals surface area contributed by atoms with Gasteiger partial charge in [0.15, 0.2) is 5.82 Å². The molecule has 1 aliphatic rings. The Morgan fingerprint density at radius 2 is 2.14 bits per heavy atom. The number of hydrogen-bond donors (Lipinski definition) is 1. The van der Waals surface area contributed by atoms with Crippen molar-refractivity contribution < 1.29 is 4.79 Å². The van der Waals surface area contributed by atoms with Crippen molar-refractivity contribution >= 4 is 44.7 Å². The van der Waals surface area contributed by atoms with E-state index in [-0.39, 0.29) is 11.8 Å². The van der Waals surface area contributed by atoms with Crippen molar-refractivity contribution in [3.05, 3.63) is 57.9 Å². The Kier molecular flexibility index (Phi) is 5.73. The Morgan fingerprint density at radius 3 is 2.86 bits per heavy atom. The quantitative estimate of drug-likeness (QED) is 0.590. The Hall–Kier alpha value is -2.25. The van der Waals surface area contributed by atoms with Crippen LogP contribution in [0.3, 0.4) is 0 Å². The predicted octanol–water partition coefficient (Wildman–Crippen LogP) is 5.13. The fourth-order valence-corrected chi connectivity index (χ4v) is 4.35. The van der Waals surface area contributed by atoms with Gasteiger partial charge in [-0.15, -0.1) is 21.5 Å². The molecule has 3 aromatic rings. The van der Waals surface area contributed by atoms with Gasteiger partial charge in [-0.05, 0) is 67.1 Å². The van der Waals surface area contributed by atoms with E-state index >= 15 is 0 Å². The van der Waals surface area contributed by atoms with Crippen molar-refractivity contribution in [1.82, 2.24) is 10.2 Å². The number of anilines is 2. The average Bonchev–Trinajstić information content (AvgIpc) is 3.26. The van der Waals surface area contributed by atoms with Gasteiger partial charge in [-0.2, -0.15) is 0 Å². The van der Waals surface area contributed by atoms with Crippen LogP contribution in [0, 0.1) is 12.8 Å². The summed E-state index contributed by atoms with van der Waals surface area (Å²) in [7, 11) is 0. The van der Waals surface area contributed by atoms with Crippen LogP contribution in [0.5, 0.6) is 0 Å². The molecule has 0 radical (unpaired) electrons. The maximum absolute atomic E-state index is 12.8. The molecule has 0 spiro atoms. The summed E-state index contributed by atoms with van der Waals surface area (Å²) in [5.41, 5.74) is 2.82. The number of aryl methyl sites for hydroxylation is 1. The van der Waals surface area contributed by atoms with Crippen molar-refractivity contribution in [3.8, 4) is 10.6 Å². The third-order valence-corrected chi connectivity index (χ3v) is 6.75. The molecule has 0 bridgehead atoms. The van der Waals surface area contributed by atoms with Gasteiger partial charge in [0.1, 0.15) is 5.69 Å². The van der Waals surface area contributed by atoms with E-state index in [1.54, 1.807) is 11.3 Å². The number of benzene rings is 1. The van der Waals surface area contributed by atoms with E-state index < -0.39 is 0 Å². The summed E-state index contributed by atoms with van der Waals surface area (Å²) >= 11 is 5.14. The molecule has 1 aliphatic heterocycles. The van der Waals surface area contributed by atoms with E-state index in [9.17, 15) is 4.79 Å². The van der Waals surface area contributed by atoms with Gasteiger partial charge in [0.25, 0.3) is 0 Å². The molecule has 2 aromatic heterocycles. The molecular formula is C21H21BrN4OS. The van der Waals surface area contributed by atoms with Crippen molar-refractivity contribution in [1.29, 1.82) is 0 Å². The van der Waals surface area contributed by atoms with Crippen LogP contribution in [0.25, 0.3) is 10.6 Å². The number of amides is 1. The minimum atomic E-state index is -0.0588. The zero-order valence-corrected chi connectivity index (χ0v) is 18.0. The first-order chi connectivity index (χ1) is 13.6. The van der Waals surface area contributed by atoms with Crippen molar-refractivity contribution in [2.24, 2.45) is 5.92 Å². The number of thiophene rings is 1. The summed E-state index contributed by atoms with van der Waals surface area (Å²) in [6, 6.07) is 13.9. The SMILES string of the molecule is Cc1cc(NC(=O)C2CCCN(c3ccc(-c4cccs4)nn3)C2)ccc1Br. The second kappa shape index (κ2) is 8.41. The lowest BCUT2D eigenvalue weighted by Gasteiger charge is -2.32. The highest BCUT2D eigenvalue weighted by Crippen LogP contribution is 2.26. The second-order valence-corrected chi connectivity index (χ2v) is 8.79. The van der Waals surface area contributed by atoms with Crippen LogP contribution in [0.15, 0.2) is 52.3 Å². The van der Waals surface area contributed by atoms with Gasteiger partial charge in [0, 0.05) is 23.2 Å². The van der Waals surface area contributed by atoms with Crippen LogP contribution < -0.4 is 10.2 Å². The molecule has 1 saturated heterocycles. The Labute approximate surface area is 176 Å². The number of piperidine rings is 1. The van der Waals surface area contributed by atoms with Crippen LogP contribution in [-0.2, 0) is 4.79 Å². The number of halogens is 1. The number of hydrogen-bond acceptors (Lipinski definition) is 5. The molecule has 1 aromatic carbocycles. The molecule has 0 saturated carbocycles. The van der Waals surface area contributed by atoms with Gasteiger partial charge in [-0.25, -0.2) is 0 Å². The Balaban J connectivity index is 1.42. The maximum atomic E-state index is 12.8. The van der Waals surface area contributed by atoms with E-state index in [0.717, 1.165) is 51.5 Å². The first-order valence-electron chi connectivity index (χ1n) is 9.30. The number of nitrogens with one attached hydrogen (secondary N) is 1. The highest BCUT2D eigenvalue weighted by molar-refractivity contribution is 9.10. The largest absolute Gasteiger partial charge is 0.354 e. The Bertz CT molecular complexity index is 959. The van der Waals surface area contributed by atoms with Crippen LogP contribution in [0.4, 0.5) is 11.5 Å². The second-order valence-electron chi connectivity index (χ2n) is 6.99. The molecule has 4 rings (SSSR count). The Morgan fingerprint density at radius 1 is 1.25 bits per heavy atom. The highest BCUT2D eigenvalue weighted by Gasteiger charge is 2.27. The summed E-state index contributed by atoms with van der Waals surface area (Å²) in [5, 5.41) is 13.9. The summed E-state index contributed by atoms with van der Waals surface area (Å²) in [6.45, 7) is 3.57. The number of aromatic nitrogens is 2. The summed E-state index contributed by atoms with van der Waals surface area (Å²) < 4.78 is 1.04. The summed E-state index contributed by atoms with van der Waals surface area (Å²) in [6.07, 6.45) is 1.85. The summed E-state index contributed by atoms with van der Waals surface area (Å²) in [5.74, 6) is 0.836. The number of carbonyl (C=O) groups excluding carboxylic acids is 1. The van der Waals surface area contributed by atoms with Gasteiger partial charge in [0.2, 0.25) is 5.91 Å². The van der Waals surface area contributed by atoms with Crippen LogP contribution in [0.1, 0.15) is 18.4 Å². The van der Waals surface area contributed by atoms with Gasteiger partial charge >= 0.3 is 0 Å². The van der Waals surface area contributed by atoms with Gasteiger partial charge in [-0.1, -0.05) is 22.0 Å². The molecule has 1 atom stereocenters. The topological polar surface area (TPSA) is 58.1 Å². The first kappa shape index (κ1) is 19.1. The average molecular weight is 457 g/mol. The monoisotopic (exact) mass is 456 g/mol. The fraction of sp³-hybridized carbons (Fsp3) is 0.286. The van der Waals surface area contributed by atoms with E-state index in [1.165, 1.54) is 0 Å². The van der Waals surface area contributed by atoms with Gasteiger partial charge in [-0.3, -0.25) is 4.79 Å². The molecular weight excluding hydrogens is 436 g/mol. The minimum Gasteiger partial charge on any atom is -0.354 e. The summed E-state index contributed by atoms with van der Waals surface area (Å²) in [4.78, 5) is 16.0. The van der Waals surface area contributed by atoms with Crippen molar-refractivity contribution in [2.45, 2.75) is 19.8 Å². The van der Waals surface area contributed by atoms with E-state index in [4.69, 9.17) is 0 Å². The number of nitrogens with zero attached hydrogens (tertiary/aromatic N) is 3. The van der Waals surface area contributed by atoms with E-state index in [0.29, 0.717) is 6.54 Å². The third kappa shape index (κ3) is 4.25. The van der Waals surface area contributed by atoms with Crippen molar-refractivity contribution in [2.75, 3.05) is 23.3 Å². The third-order valence-electron chi connectivity index (χ3n) is 4.97. The zero-order chi connectivity index (χ0) is 19.5. The molecule has 7 heteroatoms. The van der Waals surface area contributed by atoms with Crippen LogP contribution in [0.2, 0.25) is 0 Å². The normalized spacial score (nSPS) is 16.8. The number of carbonyl (C=O) groups is 1. The highest BCUT2D eigenvalue weighted by atomic mass is 79.9. The van der Waals surface area contributed by atoms with Gasteiger partial charge < -0.3 is 10.2 Å². The molecule has 1 N–H and O–H groups in total. The lowest BCUT2D eigenvalue weighted by molar-refractivity contribution is -0.120. The fourth-order valence-electron chi connectivity index (χ4n) is 3.42.